The van der Waals surface area contributed by atoms with Crippen molar-refractivity contribution in [1.29, 1.82) is 0 Å². The highest BCUT2D eigenvalue weighted by molar-refractivity contribution is 7.09. The van der Waals surface area contributed by atoms with Crippen molar-refractivity contribution in [2.75, 3.05) is 0 Å². The molecule has 19 heavy (non-hydrogen) atoms. The summed E-state index contributed by atoms with van der Waals surface area (Å²) in [7, 11) is 0. The molecule has 1 N–H and O–H groups in total. The van der Waals surface area contributed by atoms with Gasteiger partial charge in [0.25, 0.3) is 0 Å². The first-order valence-corrected chi connectivity index (χ1v) is 7.39. The van der Waals surface area contributed by atoms with Crippen molar-refractivity contribution < 1.29 is 5.11 Å². The molecule has 2 aromatic rings. The summed E-state index contributed by atoms with van der Waals surface area (Å²) in [5.41, 5.74) is 5.47. The van der Waals surface area contributed by atoms with E-state index in [4.69, 9.17) is 0 Å². The number of hydrogen-bond acceptors (Lipinski definition) is 3. The Morgan fingerprint density at radius 1 is 1.16 bits per heavy atom. The molecule has 0 unspecified atom stereocenters. The zero-order chi connectivity index (χ0) is 14.2. The minimum absolute atomic E-state index is 0.126. The number of aromatic nitrogens is 1. The molecule has 0 saturated heterocycles. The first-order chi connectivity index (χ1) is 8.77. The number of hydrogen-bond donors (Lipinski definition) is 1. The van der Waals surface area contributed by atoms with Crippen LogP contribution in [0.15, 0.2) is 17.5 Å². The van der Waals surface area contributed by atoms with Crippen LogP contribution in [0.3, 0.4) is 0 Å². The lowest BCUT2D eigenvalue weighted by atomic mass is 9.83. The summed E-state index contributed by atoms with van der Waals surface area (Å²) in [4.78, 5) is 4.13. The Balaban J connectivity index is 2.37. The van der Waals surface area contributed by atoms with Crippen molar-refractivity contribution in [3.63, 3.8) is 0 Å². The van der Waals surface area contributed by atoms with E-state index >= 15 is 0 Å². The molecule has 0 atom stereocenters. The fourth-order valence-corrected chi connectivity index (χ4v) is 2.91. The van der Waals surface area contributed by atoms with E-state index in [1.165, 1.54) is 33.6 Å². The van der Waals surface area contributed by atoms with Gasteiger partial charge in [-0.3, -0.25) is 0 Å². The molecule has 0 saturated carbocycles. The van der Waals surface area contributed by atoms with Crippen LogP contribution in [-0.2, 0) is 11.8 Å². The standard InChI is InChI=1S/C16H21NOS/c1-10-6-12(16(3,4)5)7-11(2)13(10)8-15-17-14(18)9-19-15/h6-7,9,18H,8H2,1-5H3. The molecule has 1 aromatic heterocycles. The summed E-state index contributed by atoms with van der Waals surface area (Å²) in [5, 5.41) is 12.0. The maximum atomic E-state index is 9.32. The third-order valence-corrected chi connectivity index (χ3v) is 4.27. The highest BCUT2D eigenvalue weighted by Crippen LogP contribution is 2.29. The Bertz CT molecular complexity index is 570. The normalized spacial score (nSPS) is 11.8. The van der Waals surface area contributed by atoms with Gasteiger partial charge in [0.15, 0.2) is 0 Å². The molecule has 0 fully saturated rings. The summed E-state index contributed by atoms with van der Waals surface area (Å²) in [6.07, 6.45) is 0.799. The third-order valence-electron chi connectivity index (χ3n) is 3.43. The van der Waals surface area contributed by atoms with E-state index in [2.05, 4.69) is 51.7 Å². The van der Waals surface area contributed by atoms with E-state index < -0.39 is 0 Å². The maximum Gasteiger partial charge on any atom is 0.222 e. The van der Waals surface area contributed by atoms with Crippen molar-refractivity contribution >= 4 is 11.3 Å². The Morgan fingerprint density at radius 3 is 2.16 bits per heavy atom. The van der Waals surface area contributed by atoms with E-state index in [9.17, 15) is 5.11 Å². The SMILES string of the molecule is Cc1cc(C(C)(C)C)cc(C)c1Cc1nc(O)cs1. The van der Waals surface area contributed by atoms with Crippen LogP contribution in [0.5, 0.6) is 5.88 Å². The lowest BCUT2D eigenvalue weighted by molar-refractivity contribution is 0.456. The van der Waals surface area contributed by atoms with Gasteiger partial charge in [-0.1, -0.05) is 32.9 Å². The minimum Gasteiger partial charge on any atom is -0.493 e. The largest absolute Gasteiger partial charge is 0.493 e. The molecule has 0 aliphatic carbocycles. The fourth-order valence-electron chi connectivity index (χ4n) is 2.24. The Morgan fingerprint density at radius 2 is 1.74 bits per heavy atom. The molecule has 1 heterocycles. The lowest BCUT2D eigenvalue weighted by Crippen LogP contribution is -2.12. The molecular formula is C16H21NOS. The molecule has 3 heteroatoms. The van der Waals surface area contributed by atoms with Crippen LogP contribution in [0.1, 0.15) is 48.0 Å². The number of aryl methyl sites for hydroxylation is 2. The van der Waals surface area contributed by atoms with Crippen molar-refractivity contribution in [2.45, 2.75) is 46.5 Å². The van der Waals surface area contributed by atoms with Crippen LogP contribution >= 0.6 is 11.3 Å². The second-order valence-electron chi connectivity index (χ2n) is 6.11. The summed E-state index contributed by atoms with van der Waals surface area (Å²) < 4.78 is 0. The van der Waals surface area contributed by atoms with Gasteiger partial charge in [-0.2, -0.15) is 0 Å². The summed E-state index contributed by atoms with van der Waals surface area (Å²) in [6, 6.07) is 4.55. The molecule has 0 radical (unpaired) electrons. The van der Waals surface area contributed by atoms with Gasteiger partial charge in [-0.05, 0) is 41.5 Å². The maximum absolute atomic E-state index is 9.32. The molecule has 0 aliphatic rings. The smallest absolute Gasteiger partial charge is 0.222 e. The first kappa shape index (κ1) is 14.1. The molecule has 2 nitrogen and oxygen atoms in total. The van der Waals surface area contributed by atoms with Crippen molar-refractivity contribution in [3.05, 3.63) is 44.8 Å². The number of aromatic hydroxyl groups is 1. The van der Waals surface area contributed by atoms with Crippen LogP contribution in [0.4, 0.5) is 0 Å². The number of nitrogens with zero attached hydrogens (tertiary/aromatic N) is 1. The van der Waals surface area contributed by atoms with Crippen molar-refractivity contribution in [1.82, 2.24) is 4.98 Å². The molecule has 0 spiro atoms. The van der Waals surface area contributed by atoms with E-state index in [1.54, 1.807) is 5.38 Å². The van der Waals surface area contributed by atoms with Crippen molar-refractivity contribution in [2.24, 2.45) is 0 Å². The fraction of sp³-hybridized carbons (Fsp3) is 0.438. The van der Waals surface area contributed by atoms with E-state index in [0.717, 1.165) is 11.4 Å². The van der Waals surface area contributed by atoms with E-state index in [-0.39, 0.29) is 11.3 Å². The van der Waals surface area contributed by atoms with Gasteiger partial charge in [-0.25, -0.2) is 4.98 Å². The molecule has 0 amide bonds. The Labute approximate surface area is 119 Å². The van der Waals surface area contributed by atoms with Crippen LogP contribution in [0.2, 0.25) is 0 Å². The Hall–Kier alpha value is -1.35. The summed E-state index contributed by atoms with van der Waals surface area (Å²) >= 11 is 1.51. The zero-order valence-electron chi connectivity index (χ0n) is 12.2. The molecular weight excluding hydrogens is 254 g/mol. The second-order valence-corrected chi connectivity index (χ2v) is 7.06. The Kier molecular flexibility index (Phi) is 3.68. The van der Waals surface area contributed by atoms with Crippen LogP contribution < -0.4 is 0 Å². The average Bonchev–Trinajstić information content (AvgIpc) is 2.68. The van der Waals surface area contributed by atoms with Gasteiger partial charge in [0.1, 0.15) is 5.01 Å². The molecule has 1 aromatic carbocycles. The first-order valence-electron chi connectivity index (χ1n) is 6.51. The van der Waals surface area contributed by atoms with E-state index in [1.807, 2.05) is 0 Å². The van der Waals surface area contributed by atoms with Gasteiger partial charge < -0.3 is 5.11 Å². The monoisotopic (exact) mass is 275 g/mol. The highest BCUT2D eigenvalue weighted by atomic mass is 32.1. The molecule has 102 valence electrons. The number of rotatable bonds is 2. The number of benzene rings is 1. The van der Waals surface area contributed by atoms with Gasteiger partial charge in [-0.15, -0.1) is 11.3 Å². The van der Waals surface area contributed by atoms with Gasteiger partial charge >= 0.3 is 0 Å². The second kappa shape index (κ2) is 4.97. The predicted octanol–water partition coefficient (Wildman–Crippen LogP) is 4.35. The quantitative estimate of drug-likeness (QED) is 0.883. The number of thiazole rings is 1. The van der Waals surface area contributed by atoms with E-state index in [0.29, 0.717) is 0 Å². The summed E-state index contributed by atoms with van der Waals surface area (Å²) in [6.45, 7) is 11.0. The molecule has 2 rings (SSSR count). The predicted molar refractivity (Wildman–Crippen MR) is 81.2 cm³/mol. The van der Waals surface area contributed by atoms with Gasteiger partial charge in [0, 0.05) is 6.42 Å². The van der Waals surface area contributed by atoms with Crippen LogP contribution in [-0.4, -0.2) is 10.1 Å². The van der Waals surface area contributed by atoms with Gasteiger partial charge in [0.05, 0.1) is 5.38 Å². The van der Waals surface area contributed by atoms with Crippen LogP contribution in [0.25, 0.3) is 0 Å². The highest BCUT2D eigenvalue weighted by Gasteiger charge is 2.16. The summed E-state index contributed by atoms with van der Waals surface area (Å²) in [5.74, 6) is 0.126. The average molecular weight is 275 g/mol. The van der Waals surface area contributed by atoms with Crippen LogP contribution in [0, 0.1) is 13.8 Å². The van der Waals surface area contributed by atoms with Crippen molar-refractivity contribution in [3.8, 4) is 5.88 Å². The van der Waals surface area contributed by atoms with Gasteiger partial charge in [0.2, 0.25) is 5.88 Å². The minimum atomic E-state index is 0.126. The molecule has 0 bridgehead atoms. The zero-order valence-corrected chi connectivity index (χ0v) is 13.1. The lowest BCUT2D eigenvalue weighted by Gasteiger charge is -2.22. The molecule has 0 aliphatic heterocycles. The topological polar surface area (TPSA) is 33.1 Å². The third kappa shape index (κ3) is 3.16.